The van der Waals surface area contributed by atoms with Crippen LogP contribution in [0.25, 0.3) is 0 Å². The molecule has 0 aromatic heterocycles. The zero-order valence-corrected chi connectivity index (χ0v) is 10.4. The average Bonchev–Trinajstić information content (AvgIpc) is 2.28. The third-order valence-corrected chi connectivity index (χ3v) is 2.99. The Bertz CT molecular complexity index is 405. The summed E-state index contributed by atoms with van der Waals surface area (Å²) >= 11 is 0. The Labute approximate surface area is 102 Å². The van der Waals surface area contributed by atoms with Crippen molar-refractivity contribution < 1.29 is 4.79 Å². The molecule has 92 valence electrons. The van der Waals surface area contributed by atoms with E-state index < -0.39 is 0 Å². The van der Waals surface area contributed by atoms with Gasteiger partial charge in [0.1, 0.15) is 0 Å². The molecule has 1 amide bonds. The quantitative estimate of drug-likeness (QED) is 0.820. The minimum absolute atomic E-state index is 0.116. The number of carbonyl (C=O) groups excluding carboxylic acids is 1. The van der Waals surface area contributed by atoms with Crippen LogP contribution in [0.4, 0.5) is 5.69 Å². The molecule has 0 spiro atoms. The molecule has 1 aliphatic rings. The third kappa shape index (κ3) is 2.97. The molecular formula is C13H19N3O. The summed E-state index contributed by atoms with van der Waals surface area (Å²) in [7, 11) is 1.92. The van der Waals surface area contributed by atoms with Crippen LogP contribution in [0.2, 0.25) is 0 Å². The summed E-state index contributed by atoms with van der Waals surface area (Å²) in [6.07, 6.45) is 0. The zero-order valence-electron chi connectivity index (χ0n) is 10.4. The molecule has 0 bridgehead atoms. The maximum atomic E-state index is 11.5. The Morgan fingerprint density at radius 1 is 1.47 bits per heavy atom. The van der Waals surface area contributed by atoms with Crippen LogP contribution < -0.4 is 10.6 Å². The van der Waals surface area contributed by atoms with Crippen LogP contribution in [0.3, 0.4) is 0 Å². The summed E-state index contributed by atoms with van der Waals surface area (Å²) in [5.41, 5.74) is 2.36. The van der Waals surface area contributed by atoms with Gasteiger partial charge in [0.15, 0.2) is 0 Å². The summed E-state index contributed by atoms with van der Waals surface area (Å²) in [5, 5.41) is 6.11. The summed E-state index contributed by atoms with van der Waals surface area (Å²) < 4.78 is 0. The molecule has 1 aliphatic heterocycles. The maximum absolute atomic E-state index is 11.5. The molecule has 1 saturated heterocycles. The summed E-state index contributed by atoms with van der Waals surface area (Å²) in [6.45, 7) is 4.25. The Hall–Kier alpha value is -1.55. The predicted octanol–water partition coefficient (Wildman–Crippen LogP) is 1.05. The lowest BCUT2D eigenvalue weighted by Crippen LogP contribution is -2.52. The smallest absolute Gasteiger partial charge is 0.234 e. The van der Waals surface area contributed by atoms with Crippen LogP contribution in [-0.2, 0) is 11.3 Å². The van der Waals surface area contributed by atoms with Crippen molar-refractivity contribution in [2.45, 2.75) is 19.5 Å². The van der Waals surface area contributed by atoms with Crippen molar-refractivity contribution in [1.29, 1.82) is 0 Å². The van der Waals surface area contributed by atoms with E-state index in [1.807, 2.05) is 26.1 Å². The molecule has 1 aromatic rings. The monoisotopic (exact) mass is 233 g/mol. The zero-order chi connectivity index (χ0) is 12.3. The van der Waals surface area contributed by atoms with Crippen LogP contribution in [0.1, 0.15) is 12.5 Å². The summed E-state index contributed by atoms with van der Waals surface area (Å²) in [5.74, 6) is 0.116. The minimum atomic E-state index is 0.116. The fourth-order valence-electron chi connectivity index (χ4n) is 2.28. The number of nitrogens with one attached hydrogen (secondary N) is 2. The van der Waals surface area contributed by atoms with Crippen molar-refractivity contribution in [2.24, 2.45) is 0 Å². The van der Waals surface area contributed by atoms with Crippen molar-refractivity contribution in [2.75, 3.05) is 25.5 Å². The molecule has 1 fully saturated rings. The van der Waals surface area contributed by atoms with Gasteiger partial charge >= 0.3 is 0 Å². The number of benzene rings is 1. The number of rotatable bonds is 3. The second kappa shape index (κ2) is 5.19. The highest BCUT2D eigenvalue weighted by Crippen LogP contribution is 2.17. The van der Waals surface area contributed by atoms with Crippen LogP contribution >= 0.6 is 0 Å². The largest absolute Gasteiger partial charge is 0.388 e. The van der Waals surface area contributed by atoms with Crippen LogP contribution in [0.15, 0.2) is 24.3 Å². The second-order valence-corrected chi connectivity index (χ2v) is 4.55. The van der Waals surface area contributed by atoms with Gasteiger partial charge in [-0.1, -0.05) is 18.2 Å². The molecule has 2 N–H and O–H groups in total. The van der Waals surface area contributed by atoms with E-state index in [1.54, 1.807) is 0 Å². The number of hydrogen-bond acceptors (Lipinski definition) is 3. The number of para-hydroxylation sites is 1. The molecule has 4 nitrogen and oxygen atoms in total. The lowest BCUT2D eigenvalue weighted by molar-refractivity contribution is -0.125. The number of nitrogens with zero attached hydrogens (tertiary/aromatic N) is 1. The van der Waals surface area contributed by atoms with E-state index in [0.29, 0.717) is 6.54 Å². The molecule has 0 aliphatic carbocycles. The van der Waals surface area contributed by atoms with Gasteiger partial charge in [-0.25, -0.2) is 0 Å². The highest BCUT2D eigenvalue weighted by molar-refractivity contribution is 5.79. The molecule has 1 unspecified atom stereocenters. The molecule has 0 saturated carbocycles. The Morgan fingerprint density at radius 2 is 2.24 bits per heavy atom. The van der Waals surface area contributed by atoms with Crippen molar-refractivity contribution in [1.82, 2.24) is 10.2 Å². The van der Waals surface area contributed by atoms with E-state index in [2.05, 4.69) is 27.7 Å². The van der Waals surface area contributed by atoms with E-state index >= 15 is 0 Å². The van der Waals surface area contributed by atoms with E-state index in [1.165, 1.54) is 5.56 Å². The first-order valence-corrected chi connectivity index (χ1v) is 5.96. The van der Waals surface area contributed by atoms with E-state index in [0.717, 1.165) is 18.8 Å². The van der Waals surface area contributed by atoms with Gasteiger partial charge in [0.2, 0.25) is 5.91 Å². The van der Waals surface area contributed by atoms with Gasteiger partial charge in [-0.15, -0.1) is 0 Å². The average molecular weight is 233 g/mol. The van der Waals surface area contributed by atoms with E-state index in [9.17, 15) is 4.79 Å². The van der Waals surface area contributed by atoms with Gasteiger partial charge in [0, 0.05) is 31.9 Å². The molecule has 2 rings (SSSR count). The number of carbonyl (C=O) groups is 1. The van der Waals surface area contributed by atoms with Crippen molar-refractivity contribution in [3.05, 3.63) is 29.8 Å². The fourth-order valence-corrected chi connectivity index (χ4v) is 2.28. The van der Waals surface area contributed by atoms with E-state index in [-0.39, 0.29) is 11.9 Å². The first-order valence-electron chi connectivity index (χ1n) is 5.96. The normalized spacial score (nSPS) is 21.1. The molecule has 0 radical (unpaired) electrons. The fraction of sp³-hybridized carbons (Fsp3) is 0.462. The lowest BCUT2D eigenvalue weighted by atomic mass is 10.1. The molecule has 17 heavy (non-hydrogen) atoms. The first kappa shape index (κ1) is 11.9. The summed E-state index contributed by atoms with van der Waals surface area (Å²) in [4.78, 5) is 13.6. The van der Waals surface area contributed by atoms with Gasteiger partial charge in [-0.05, 0) is 18.6 Å². The van der Waals surface area contributed by atoms with Crippen LogP contribution in [-0.4, -0.2) is 37.0 Å². The van der Waals surface area contributed by atoms with Crippen LogP contribution in [0.5, 0.6) is 0 Å². The van der Waals surface area contributed by atoms with Crippen molar-refractivity contribution >= 4 is 11.6 Å². The molecule has 1 aromatic carbocycles. The second-order valence-electron chi connectivity index (χ2n) is 4.55. The Morgan fingerprint density at radius 3 is 2.94 bits per heavy atom. The van der Waals surface area contributed by atoms with Gasteiger partial charge < -0.3 is 10.6 Å². The van der Waals surface area contributed by atoms with Crippen molar-refractivity contribution in [3.63, 3.8) is 0 Å². The predicted molar refractivity (Wildman–Crippen MR) is 68.9 cm³/mol. The molecule has 1 heterocycles. The van der Waals surface area contributed by atoms with Gasteiger partial charge in [0.05, 0.1) is 6.54 Å². The Kier molecular flexibility index (Phi) is 3.64. The highest BCUT2D eigenvalue weighted by atomic mass is 16.2. The number of hydrogen-bond donors (Lipinski definition) is 2. The molecule has 4 heteroatoms. The Balaban J connectivity index is 2.07. The van der Waals surface area contributed by atoms with Crippen LogP contribution in [0, 0.1) is 0 Å². The number of anilines is 1. The van der Waals surface area contributed by atoms with Gasteiger partial charge in [-0.2, -0.15) is 0 Å². The number of amides is 1. The van der Waals surface area contributed by atoms with Gasteiger partial charge in [-0.3, -0.25) is 9.69 Å². The minimum Gasteiger partial charge on any atom is -0.388 e. The van der Waals surface area contributed by atoms with Crippen molar-refractivity contribution in [3.8, 4) is 0 Å². The SMILES string of the molecule is CNc1ccccc1CN1CC(=O)NC(C)C1. The lowest BCUT2D eigenvalue weighted by Gasteiger charge is -2.31. The molecule has 1 atom stereocenters. The summed E-state index contributed by atoms with van der Waals surface area (Å²) in [6, 6.07) is 8.44. The number of piperazine rings is 1. The van der Waals surface area contributed by atoms with Gasteiger partial charge in [0.25, 0.3) is 0 Å². The first-order chi connectivity index (χ1) is 8.19. The third-order valence-electron chi connectivity index (χ3n) is 2.99. The molecular weight excluding hydrogens is 214 g/mol. The van der Waals surface area contributed by atoms with E-state index in [4.69, 9.17) is 0 Å². The highest BCUT2D eigenvalue weighted by Gasteiger charge is 2.21. The standard InChI is InChI=1S/C13H19N3O/c1-10-7-16(9-13(17)15-10)8-11-5-3-4-6-12(11)14-2/h3-6,10,14H,7-9H2,1-2H3,(H,15,17). The maximum Gasteiger partial charge on any atom is 0.234 e. The topological polar surface area (TPSA) is 44.4 Å².